The Labute approximate surface area is 126 Å². The van der Waals surface area contributed by atoms with Crippen LogP contribution < -0.4 is 5.32 Å². The van der Waals surface area contributed by atoms with Gasteiger partial charge in [0.2, 0.25) is 0 Å². The average Bonchev–Trinajstić information content (AvgIpc) is 2.41. The lowest BCUT2D eigenvalue weighted by atomic mass is 10.1. The molecule has 0 saturated carbocycles. The van der Waals surface area contributed by atoms with E-state index in [9.17, 15) is 8.42 Å². The van der Waals surface area contributed by atoms with Gasteiger partial charge >= 0.3 is 0 Å². The molecule has 0 aromatic carbocycles. The second-order valence-corrected chi connectivity index (χ2v) is 8.10. The van der Waals surface area contributed by atoms with E-state index in [0.717, 1.165) is 43.1 Å². The van der Waals surface area contributed by atoms with Crippen molar-refractivity contribution in [1.82, 2.24) is 14.9 Å². The van der Waals surface area contributed by atoms with Gasteiger partial charge in [0, 0.05) is 38.1 Å². The van der Waals surface area contributed by atoms with Gasteiger partial charge in [0.15, 0.2) is 0 Å². The van der Waals surface area contributed by atoms with Crippen LogP contribution >= 0.6 is 0 Å². The molecule has 0 bridgehead atoms. The Morgan fingerprint density at radius 1 is 1.33 bits per heavy atom. The van der Waals surface area contributed by atoms with Crippen LogP contribution in [0.1, 0.15) is 24.2 Å². The van der Waals surface area contributed by atoms with Crippen LogP contribution in [0.3, 0.4) is 0 Å². The molecule has 2 rings (SSSR count). The Morgan fingerprint density at radius 3 is 2.62 bits per heavy atom. The summed E-state index contributed by atoms with van der Waals surface area (Å²) in [7, 11) is -2.87. The average molecular weight is 312 g/mol. The normalized spacial score (nSPS) is 17.9. The zero-order chi connectivity index (χ0) is 15.5. The van der Waals surface area contributed by atoms with E-state index in [2.05, 4.69) is 20.2 Å². The van der Waals surface area contributed by atoms with E-state index in [4.69, 9.17) is 0 Å². The topological polar surface area (TPSA) is 75.2 Å². The maximum Gasteiger partial charge on any atom is 0.148 e. The molecule has 0 atom stereocenters. The molecule has 0 unspecified atom stereocenters. The van der Waals surface area contributed by atoms with Crippen LogP contribution in [0.5, 0.6) is 0 Å². The van der Waals surface area contributed by atoms with Crippen molar-refractivity contribution in [1.29, 1.82) is 0 Å². The zero-order valence-electron chi connectivity index (χ0n) is 13.0. The summed E-state index contributed by atoms with van der Waals surface area (Å²) in [6.07, 6.45) is 5.06. The minimum Gasteiger partial charge on any atom is -0.366 e. The van der Waals surface area contributed by atoms with Gasteiger partial charge in [0.25, 0.3) is 0 Å². The maximum atomic E-state index is 11.2. The molecule has 1 fully saturated rings. The van der Waals surface area contributed by atoms with Crippen LogP contribution in [-0.2, 0) is 9.84 Å². The summed E-state index contributed by atoms with van der Waals surface area (Å²) in [4.78, 5) is 11.0. The first-order valence-corrected chi connectivity index (χ1v) is 9.36. The highest BCUT2D eigenvalue weighted by molar-refractivity contribution is 7.90. The number of anilines is 1. The first-order valence-electron chi connectivity index (χ1n) is 7.30. The molecule has 0 amide bonds. The quantitative estimate of drug-likeness (QED) is 0.875. The summed E-state index contributed by atoms with van der Waals surface area (Å²) in [6.45, 7) is 6.37. The second-order valence-electron chi connectivity index (χ2n) is 5.84. The van der Waals surface area contributed by atoms with Gasteiger partial charge in [-0.1, -0.05) is 0 Å². The zero-order valence-corrected chi connectivity index (χ0v) is 13.8. The van der Waals surface area contributed by atoms with Gasteiger partial charge in [-0.15, -0.1) is 0 Å². The number of rotatable bonds is 5. The van der Waals surface area contributed by atoms with Crippen molar-refractivity contribution in [3.05, 3.63) is 17.6 Å². The lowest BCUT2D eigenvalue weighted by molar-refractivity contribution is 0.230. The highest BCUT2D eigenvalue weighted by atomic mass is 32.2. The third-order valence-electron chi connectivity index (χ3n) is 3.78. The van der Waals surface area contributed by atoms with E-state index < -0.39 is 9.84 Å². The molecular weight excluding hydrogens is 288 g/mol. The Hall–Kier alpha value is -1.21. The minimum absolute atomic E-state index is 0.244. The van der Waals surface area contributed by atoms with Crippen molar-refractivity contribution in [2.45, 2.75) is 32.7 Å². The smallest absolute Gasteiger partial charge is 0.148 e. The fourth-order valence-corrected chi connectivity index (χ4v) is 3.05. The van der Waals surface area contributed by atoms with Crippen molar-refractivity contribution >= 4 is 15.7 Å². The molecule has 2 heterocycles. The van der Waals surface area contributed by atoms with Crippen molar-refractivity contribution in [3.8, 4) is 0 Å². The molecule has 7 heteroatoms. The SMILES string of the molecule is Cc1cnc(C)c(NC2CCN(CCS(C)(=O)=O)CC2)n1. The Balaban J connectivity index is 1.83. The van der Waals surface area contributed by atoms with Gasteiger partial charge < -0.3 is 10.2 Å². The second kappa shape index (κ2) is 6.70. The van der Waals surface area contributed by atoms with Crippen LogP contribution in [-0.4, -0.2) is 61.0 Å². The monoisotopic (exact) mass is 312 g/mol. The number of aromatic nitrogens is 2. The molecular formula is C14H24N4O2S. The van der Waals surface area contributed by atoms with E-state index >= 15 is 0 Å². The van der Waals surface area contributed by atoms with E-state index in [-0.39, 0.29) is 5.75 Å². The number of nitrogens with zero attached hydrogens (tertiary/aromatic N) is 3. The maximum absolute atomic E-state index is 11.2. The van der Waals surface area contributed by atoms with E-state index in [0.29, 0.717) is 12.6 Å². The molecule has 1 aromatic heterocycles. The number of aryl methyl sites for hydroxylation is 2. The minimum atomic E-state index is -2.87. The summed E-state index contributed by atoms with van der Waals surface area (Å²) in [6, 6.07) is 0.384. The number of likely N-dealkylation sites (tertiary alicyclic amines) is 1. The fraction of sp³-hybridized carbons (Fsp3) is 0.714. The summed E-state index contributed by atoms with van der Waals surface area (Å²) >= 11 is 0. The first kappa shape index (κ1) is 16.2. The van der Waals surface area contributed by atoms with Gasteiger partial charge in [-0.05, 0) is 26.7 Å². The standard InChI is InChI=1S/C14H24N4O2S/c1-11-10-15-12(2)14(16-11)17-13-4-6-18(7-5-13)8-9-21(3,19)20/h10,13H,4-9H2,1-3H3,(H,16,17). The number of sulfone groups is 1. The highest BCUT2D eigenvalue weighted by Crippen LogP contribution is 2.17. The Morgan fingerprint density at radius 2 is 2.00 bits per heavy atom. The fourth-order valence-electron chi connectivity index (χ4n) is 2.46. The molecule has 6 nitrogen and oxygen atoms in total. The molecule has 1 N–H and O–H groups in total. The van der Waals surface area contributed by atoms with Gasteiger partial charge in [-0.2, -0.15) is 0 Å². The summed E-state index contributed by atoms with van der Waals surface area (Å²) in [5.41, 5.74) is 1.83. The van der Waals surface area contributed by atoms with Crippen LogP contribution in [0.2, 0.25) is 0 Å². The van der Waals surface area contributed by atoms with E-state index in [1.807, 2.05) is 13.8 Å². The summed E-state index contributed by atoms with van der Waals surface area (Å²) in [5.74, 6) is 1.11. The van der Waals surface area contributed by atoms with E-state index in [1.54, 1.807) is 6.20 Å². The lowest BCUT2D eigenvalue weighted by Crippen LogP contribution is -2.41. The van der Waals surface area contributed by atoms with Crippen molar-refractivity contribution in [2.24, 2.45) is 0 Å². The van der Waals surface area contributed by atoms with Gasteiger partial charge in [-0.25, -0.2) is 13.4 Å². The van der Waals surface area contributed by atoms with Crippen molar-refractivity contribution in [2.75, 3.05) is 37.0 Å². The van der Waals surface area contributed by atoms with E-state index in [1.165, 1.54) is 6.26 Å². The van der Waals surface area contributed by atoms with Gasteiger partial charge in [0.1, 0.15) is 15.7 Å². The van der Waals surface area contributed by atoms with Crippen LogP contribution in [0, 0.1) is 13.8 Å². The Kier molecular flexibility index (Phi) is 5.16. The highest BCUT2D eigenvalue weighted by Gasteiger charge is 2.20. The van der Waals surface area contributed by atoms with Crippen LogP contribution in [0.25, 0.3) is 0 Å². The van der Waals surface area contributed by atoms with Gasteiger partial charge in [-0.3, -0.25) is 4.98 Å². The molecule has 1 aromatic rings. The van der Waals surface area contributed by atoms with Crippen molar-refractivity contribution < 1.29 is 8.42 Å². The molecule has 0 spiro atoms. The lowest BCUT2D eigenvalue weighted by Gasteiger charge is -2.32. The van der Waals surface area contributed by atoms with Gasteiger partial charge in [0.05, 0.1) is 17.1 Å². The molecule has 21 heavy (non-hydrogen) atoms. The van der Waals surface area contributed by atoms with Crippen LogP contribution in [0.4, 0.5) is 5.82 Å². The molecule has 1 aliphatic rings. The molecule has 1 aliphatic heterocycles. The number of nitrogens with one attached hydrogen (secondary N) is 1. The number of hydrogen-bond acceptors (Lipinski definition) is 6. The molecule has 0 radical (unpaired) electrons. The van der Waals surface area contributed by atoms with Crippen molar-refractivity contribution in [3.63, 3.8) is 0 Å². The largest absolute Gasteiger partial charge is 0.366 e. The predicted octanol–water partition coefficient (Wildman–Crippen LogP) is 1.01. The molecule has 1 saturated heterocycles. The third-order valence-corrected chi connectivity index (χ3v) is 4.71. The molecule has 118 valence electrons. The Bertz CT molecular complexity index is 581. The number of piperidine rings is 1. The third kappa shape index (κ3) is 5.24. The summed E-state index contributed by atoms with van der Waals surface area (Å²) < 4.78 is 22.4. The number of hydrogen-bond donors (Lipinski definition) is 1. The summed E-state index contributed by atoms with van der Waals surface area (Å²) in [5, 5.41) is 3.46. The first-order chi connectivity index (χ1) is 9.83. The predicted molar refractivity (Wildman–Crippen MR) is 84.3 cm³/mol. The van der Waals surface area contributed by atoms with Crippen LogP contribution in [0.15, 0.2) is 6.20 Å². The molecule has 0 aliphatic carbocycles.